The van der Waals surface area contributed by atoms with Gasteiger partial charge < -0.3 is 15.5 Å². The van der Waals surface area contributed by atoms with Crippen LogP contribution >= 0.6 is 0 Å². The van der Waals surface area contributed by atoms with Gasteiger partial charge in [-0.3, -0.25) is 4.79 Å². The number of amides is 1. The highest BCUT2D eigenvalue weighted by atomic mass is 16.3. The maximum absolute atomic E-state index is 12.5. The van der Waals surface area contributed by atoms with Crippen molar-refractivity contribution in [3.05, 3.63) is 48.6 Å². The van der Waals surface area contributed by atoms with Gasteiger partial charge in [-0.25, -0.2) is 0 Å². The molecule has 0 aliphatic rings. The van der Waals surface area contributed by atoms with E-state index in [4.69, 9.17) is 0 Å². The van der Waals surface area contributed by atoms with E-state index in [0.717, 1.165) is 38.5 Å². The Morgan fingerprint density at radius 1 is 0.307 bits per heavy atom. The van der Waals surface area contributed by atoms with Crippen LogP contribution in [0, 0.1) is 0 Å². The second kappa shape index (κ2) is 66.6. The van der Waals surface area contributed by atoms with E-state index in [1.54, 1.807) is 6.08 Å². The lowest BCUT2D eigenvalue weighted by Crippen LogP contribution is -2.45. The number of allylic oxidation sites excluding steroid dienone is 7. The summed E-state index contributed by atoms with van der Waals surface area (Å²) < 4.78 is 0. The maximum Gasteiger partial charge on any atom is 0.220 e. The molecule has 4 nitrogen and oxygen atoms in total. The summed E-state index contributed by atoms with van der Waals surface area (Å²) in [6, 6.07) is -0.647. The molecule has 0 aliphatic carbocycles. The molecule has 4 heteroatoms. The lowest BCUT2D eigenvalue weighted by atomic mass is 10.0. The molecule has 0 bridgehead atoms. The molecule has 0 aromatic rings. The first-order valence-corrected chi connectivity index (χ1v) is 34.4. The molecule has 75 heavy (non-hydrogen) atoms. The maximum atomic E-state index is 12.5. The van der Waals surface area contributed by atoms with Crippen molar-refractivity contribution in [1.29, 1.82) is 0 Å². The number of unbranched alkanes of at least 4 members (excludes halogenated alkanes) is 51. The SMILES string of the molecule is CCCCCCCCCCCCCCCC/C=C/CC/C=C/CC/C=C/C(O)C(CO)NC(=O)CCCCCCCCCCCCCCCCCCC/C=C\CCCCCCCCCCCCCCCCCCCC. The van der Waals surface area contributed by atoms with E-state index in [-0.39, 0.29) is 12.5 Å². The number of rotatable bonds is 64. The average molecular weight is 1050 g/mol. The van der Waals surface area contributed by atoms with E-state index >= 15 is 0 Å². The van der Waals surface area contributed by atoms with Gasteiger partial charge in [0.1, 0.15) is 0 Å². The number of carbonyl (C=O) groups excluding carboxylic acids is 1. The second-order valence-electron chi connectivity index (χ2n) is 23.6. The zero-order chi connectivity index (χ0) is 54.1. The van der Waals surface area contributed by atoms with Crippen LogP contribution in [0.4, 0.5) is 0 Å². The van der Waals surface area contributed by atoms with Crippen molar-refractivity contribution in [3.8, 4) is 0 Å². The summed E-state index contributed by atoms with van der Waals surface area (Å²) in [5.41, 5.74) is 0. The minimum absolute atomic E-state index is 0.0720. The van der Waals surface area contributed by atoms with Crippen molar-refractivity contribution in [2.24, 2.45) is 0 Å². The van der Waals surface area contributed by atoms with Crippen molar-refractivity contribution < 1.29 is 15.0 Å². The Morgan fingerprint density at radius 2 is 0.520 bits per heavy atom. The molecule has 3 N–H and O–H groups in total. The number of carbonyl (C=O) groups is 1. The minimum Gasteiger partial charge on any atom is -0.394 e. The van der Waals surface area contributed by atoms with Crippen LogP contribution in [-0.4, -0.2) is 34.9 Å². The van der Waals surface area contributed by atoms with E-state index in [0.29, 0.717) is 6.42 Å². The smallest absolute Gasteiger partial charge is 0.220 e. The first kappa shape index (κ1) is 73.3. The van der Waals surface area contributed by atoms with Crippen LogP contribution in [0.2, 0.25) is 0 Å². The van der Waals surface area contributed by atoms with Crippen LogP contribution in [0.3, 0.4) is 0 Å². The van der Waals surface area contributed by atoms with E-state index in [9.17, 15) is 15.0 Å². The van der Waals surface area contributed by atoms with E-state index in [2.05, 4.69) is 55.6 Å². The molecule has 0 rings (SSSR count). The van der Waals surface area contributed by atoms with Gasteiger partial charge in [-0.2, -0.15) is 0 Å². The number of nitrogens with one attached hydrogen (secondary N) is 1. The zero-order valence-electron chi connectivity index (χ0n) is 51.1. The molecule has 0 saturated carbocycles. The summed E-state index contributed by atoms with van der Waals surface area (Å²) in [4.78, 5) is 12.5. The van der Waals surface area contributed by atoms with Gasteiger partial charge in [-0.05, 0) is 70.6 Å². The van der Waals surface area contributed by atoms with E-state index in [1.807, 2.05) is 6.08 Å². The molecular formula is C71H135NO3. The van der Waals surface area contributed by atoms with Gasteiger partial charge in [0.05, 0.1) is 18.8 Å². The Hall–Kier alpha value is -1.65. The fourth-order valence-electron chi connectivity index (χ4n) is 10.8. The molecule has 0 heterocycles. The third-order valence-electron chi connectivity index (χ3n) is 16.0. The Labute approximate surface area is 471 Å². The second-order valence-corrected chi connectivity index (χ2v) is 23.6. The largest absolute Gasteiger partial charge is 0.394 e. The highest BCUT2D eigenvalue weighted by Gasteiger charge is 2.18. The standard InChI is InChI=1S/C71H135NO3/c1-3-5-7-9-11-13-15-17-19-21-23-25-27-29-30-31-32-33-34-35-36-37-38-39-40-41-42-43-45-47-49-51-53-55-57-59-61-63-65-67-71(75)72-69(68-73)70(74)66-64-62-60-58-56-54-52-50-48-46-44-28-26-24-22-20-18-16-14-12-10-8-6-4-2/h35-36,48,50,56,58,64,66,69-70,73-74H,3-34,37-47,49,51-55,57,59-63,65,67-68H2,1-2H3,(H,72,75)/b36-35-,50-48+,58-56+,66-64+. The quantitative estimate of drug-likeness (QED) is 0.0420. The minimum atomic E-state index is -0.872. The highest BCUT2D eigenvalue weighted by molar-refractivity contribution is 5.76. The Bertz CT molecular complexity index is 1190. The molecule has 0 aromatic heterocycles. The van der Waals surface area contributed by atoms with Crippen LogP contribution in [0.1, 0.15) is 380 Å². The third-order valence-corrected chi connectivity index (χ3v) is 16.0. The van der Waals surface area contributed by atoms with Crippen molar-refractivity contribution in [3.63, 3.8) is 0 Å². The topological polar surface area (TPSA) is 69.6 Å². The van der Waals surface area contributed by atoms with Gasteiger partial charge in [0.15, 0.2) is 0 Å². The van der Waals surface area contributed by atoms with E-state index < -0.39 is 12.1 Å². The molecule has 0 saturated heterocycles. The summed E-state index contributed by atoms with van der Waals surface area (Å²) in [6.07, 6.45) is 93.5. The predicted molar refractivity (Wildman–Crippen MR) is 336 cm³/mol. The molecule has 0 aliphatic heterocycles. The van der Waals surface area contributed by atoms with Crippen molar-refractivity contribution in [2.45, 2.75) is 392 Å². The molecule has 0 aromatic carbocycles. The van der Waals surface area contributed by atoms with Crippen molar-refractivity contribution >= 4 is 5.91 Å². The molecule has 2 atom stereocenters. The molecule has 1 amide bonds. The molecule has 2 unspecified atom stereocenters. The highest BCUT2D eigenvalue weighted by Crippen LogP contribution is 2.18. The molecule has 0 spiro atoms. The summed E-state index contributed by atoms with van der Waals surface area (Å²) in [6.45, 7) is 4.34. The van der Waals surface area contributed by atoms with E-state index in [1.165, 1.54) is 321 Å². The fourth-order valence-corrected chi connectivity index (χ4v) is 10.8. The van der Waals surface area contributed by atoms with Crippen molar-refractivity contribution in [2.75, 3.05) is 6.61 Å². The van der Waals surface area contributed by atoms with Crippen LogP contribution in [0.5, 0.6) is 0 Å². The molecular weight excluding hydrogens is 915 g/mol. The van der Waals surface area contributed by atoms with Crippen LogP contribution < -0.4 is 5.32 Å². The van der Waals surface area contributed by atoms with Gasteiger partial charge in [0.25, 0.3) is 0 Å². The van der Waals surface area contributed by atoms with Crippen LogP contribution in [-0.2, 0) is 4.79 Å². The first-order valence-electron chi connectivity index (χ1n) is 34.4. The number of aliphatic hydroxyl groups excluding tert-OH is 2. The average Bonchev–Trinajstić information content (AvgIpc) is 3.41. The third kappa shape index (κ3) is 63.1. The van der Waals surface area contributed by atoms with Gasteiger partial charge in [0.2, 0.25) is 5.91 Å². The van der Waals surface area contributed by atoms with Crippen molar-refractivity contribution in [1.82, 2.24) is 5.32 Å². The summed E-state index contributed by atoms with van der Waals surface area (Å²) >= 11 is 0. The zero-order valence-corrected chi connectivity index (χ0v) is 51.1. The fraction of sp³-hybridized carbons (Fsp3) is 0.873. The monoisotopic (exact) mass is 1050 g/mol. The lowest BCUT2D eigenvalue weighted by molar-refractivity contribution is -0.123. The normalized spacial score (nSPS) is 13.0. The molecule has 0 fully saturated rings. The number of hydrogen-bond donors (Lipinski definition) is 3. The predicted octanol–water partition coefficient (Wildman–Crippen LogP) is 23.3. The first-order chi connectivity index (χ1) is 37.2. The van der Waals surface area contributed by atoms with Crippen LogP contribution in [0.15, 0.2) is 48.6 Å². The van der Waals surface area contributed by atoms with Gasteiger partial charge >= 0.3 is 0 Å². The Morgan fingerprint density at radius 3 is 0.773 bits per heavy atom. The summed E-state index contributed by atoms with van der Waals surface area (Å²) in [7, 11) is 0. The molecule has 0 radical (unpaired) electrons. The number of hydrogen-bond acceptors (Lipinski definition) is 3. The lowest BCUT2D eigenvalue weighted by Gasteiger charge is -2.19. The summed E-state index contributed by atoms with van der Waals surface area (Å²) in [5.74, 6) is -0.0720. The van der Waals surface area contributed by atoms with Gasteiger partial charge in [-0.1, -0.05) is 351 Å². The molecule has 442 valence electrons. The van der Waals surface area contributed by atoms with Crippen LogP contribution in [0.25, 0.3) is 0 Å². The Kier molecular flexibility index (Phi) is 65.2. The van der Waals surface area contributed by atoms with Gasteiger partial charge in [-0.15, -0.1) is 0 Å². The summed E-state index contributed by atoms with van der Waals surface area (Å²) in [5, 5.41) is 23.2. The Balaban J connectivity index is 3.45. The number of aliphatic hydroxyl groups is 2. The van der Waals surface area contributed by atoms with Gasteiger partial charge in [0, 0.05) is 6.42 Å².